The fraction of sp³-hybridized carbons (Fsp3) is 0.133. The second-order valence-electron chi connectivity index (χ2n) is 4.56. The second-order valence-corrected chi connectivity index (χ2v) is 5.48. The lowest BCUT2D eigenvalue weighted by Gasteiger charge is -2.13. The normalized spacial score (nSPS) is 11.0. The molecule has 0 fully saturated rings. The molecule has 0 aliphatic rings. The Labute approximate surface area is 143 Å². The van der Waals surface area contributed by atoms with Crippen molar-refractivity contribution >= 4 is 33.5 Å². The van der Waals surface area contributed by atoms with Gasteiger partial charge in [0.05, 0.1) is 16.8 Å². The zero-order valence-electron chi connectivity index (χ0n) is 11.9. The van der Waals surface area contributed by atoms with Crippen LogP contribution in [0.1, 0.15) is 15.9 Å². The Morgan fingerprint density at radius 1 is 1.21 bits per heavy atom. The lowest BCUT2D eigenvalue weighted by Crippen LogP contribution is -2.22. The molecule has 1 N–H and O–H groups in total. The van der Waals surface area contributed by atoms with Crippen LogP contribution in [0.2, 0.25) is 0 Å². The van der Waals surface area contributed by atoms with Gasteiger partial charge in [0.25, 0.3) is 5.91 Å². The van der Waals surface area contributed by atoms with Crippen LogP contribution in [-0.2, 0) is 15.7 Å². The fourth-order valence-corrected chi connectivity index (χ4v) is 2.13. The lowest BCUT2D eigenvalue weighted by molar-refractivity contribution is -0.137. The van der Waals surface area contributed by atoms with Gasteiger partial charge < -0.3 is 10.1 Å². The van der Waals surface area contributed by atoms with Gasteiger partial charge in [-0.1, -0.05) is 12.1 Å². The molecule has 1 amide bonds. The van der Waals surface area contributed by atoms with E-state index < -0.39 is 35.9 Å². The standard InChI is InChI=1S/C15H10BrF3N2O3/c16-10-5-9(6-20-7-10)14(23)24-8-13(22)21-12-4-2-1-3-11(12)15(17,18)19/h1-7H,8H2,(H,21,22). The van der Waals surface area contributed by atoms with Crippen LogP contribution in [0.3, 0.4) is 0 Å². The molecule has 0 unspecified atom stereocenters. The first-order valence-corrected chi connectivity index (χ1v) is 7.30. The summed E-state index contributed by atoms with van der Waals surface area (Å²) >= 11 is 3.13. The molecule has 0 spiro atoms. The average Bonchev–Trinajstić information content (AvgIpc) is 2.52. The number of benzene rings is 1. The van der Waals surface area contributed by atoms with Gasteiger partial charge in [0.2, 0.25) is 0 Å². The molecule has 2 aromatic rings. The Morgan fingerprint density at radius 3 is 2.58 bits per heavy atom. The number of hydrogen-bond acceptors (Lipinski definition) is 4. The molecule has 126 valence electrons. The molecular weight excluding hydrogens is 393 g/mol. The maximum atomic E-state index is 12.8. The molecule has 2 rings (SSSR count). The topological polar surface area (TPSA) is 68.3 Å². The quantitative estimate of drug-likeness (QED) is 0.792. The van der Waals surface area contributed by atoms with E-state index in [1.54, 1.807) is 0 Å². The van der Waals surface area contributed by atoms with Gasteiger partial charge in [-0.3, -0.25) is 9.78 Å². The first-order chi connectivity index (χ1) is 11.3. The number of halogens is 4. The molecule has 1 aromatic carbocycles. The summed E-state index contributed by atoms with van der Waals surface area (Å²) in [7, 11) is 0. The van der Waals surface area contributed by atoms with Gasteiger partial charge in [0.1, 0.15) is 0 Å². The number of carbonyl (C=O) groups is 2. The number of carbonyl (C=O) groups excluding carboxylic acids is 2. The Hall–Kier alpha value is -2.42. The highest BCUT2D eigenvalue weighted by molar-refractivity contribution is 9.10. The Kier molecular flexibility index (Phi) is 5.55. The highest BCUT2D eigenvalue weighted by atomic mass is 79.9. The number of hydrogen-bond donors (Lipinski definition) is 1. The number of ether oxygens (including phenoxy) is 1. The van der Waals surface area contributed by atoms with Crippen molar-refractivity contribution in [3.8, 4) is 0 Å². The van der Waals surface area contributed by atoms with Gasteiger partial charge in [0, 0.05) is 16.9 Å². The minimum atomic E-state index is -4.61. The smallest absolute Gasteiger partial charge is 0.418 e. The minimum absolute atomic E-state index is 0.105. The molecule has 24 heavy (non-hydrogen) atoms. The third-order valence-corrected chi connectivity index (χ3v) is 3.22. The van der Waals surface area contributed by atoms with E-state index in [9.17, 15) is 22.8 Å². The van der Waals surface area contributed by atoms with Crippen molar-refractivity contribution in [3.63, 3.8) is 0 Å². The molecule has 5 nitrogen and oxygen atoms in total. The summed E-state index contributed by atoms with van der Waals surface area (Å²) < 4.78 is 43.8. The summed E-state index contributed by atoms with van der Waals surface area (Å²) in [6.45, 7) is -0.725. The summed E-state index contributed by atoms with van der Waals surface area (Å²) in [4.78, 5) is 27.2. The maximum absolute atomic E-state index is 12.8. The molecule has 0 aliphatic carbocycles. The molecular formula is C15H10BrF3N2O3. The van der Waals surface area contributed by atoms with Gasteiger partial charge in [-0.05, 0) is 34.1 Å². The number of rotatable bonds is 4. The highest BCUT2D eigenvalue weighted by Gasteiger charge is 2.33. The van der Waals surface area contributed by atoms with Gasteiger partial charge in [-0.2, -0.15) is 13.2 Å². The molecule has 9 heteroatoms. The zero-order valence-corrected chi connectivity index (χ0v) is 13.5. The van der Waals surface area contributed by atoms with Crippen LogP contribution in [0.5, 0.6) is 0 Å². The Morgan fingerprint density at radius 2 is 1.92 bits per heavy atom. The SMILES string of the molecule is O=C(COC(=O)c1cncc(Br)c1)Nc1ccccc1C(F)(F)F. The summed E-state index contributed by atoms with van der Waals surface area (Å²) in [6, 6.07) is 5.95. The predicted octanol–water partition coefficient (Wildman–Crippen LogP) is 3.66. The first kappa shape index (κ1) is 17.9. The van der Waals surface area contributed by atoms with E-state index in [1.807, 2.05) is 0 Å². The number of aromatic nitrogens is 1. The van der Waals surface area contributed by atoms with Crippen LogP contribution in [0, 0.1) is 0 Å². The molecule has 0 bridgehead atoms. The van der Waals surface area contributed by atoms with Crippen molar-refractivity contribution in [3.05, 3.63) is 58.3 Å². The van der Waals surface area contributed by atoms with E-state index in [0.717, 1.165) is 12.1 Å². The third kappa shape index (κ3) is 4.79. The van der Waals surface area contributed by atoms with Crippen LogP contribution in [-0.4, -0.2) is 23.5 Å². The number of esters is 1. The van der Waals surface area contributed by atoms with Crippen molar-refractivity contribution in [1.29, 1.82) is 0 Å². The molecule has 0 radical (unpaired) electrons. The molecule has 1 aromatic heterocycles. The highest BCUT2D eigenvalue weighted by Crippen LogP contribution is 2.34. The minimum Gasteiger partial charge on any atom is -0.452 e. The van der Waals surface area contributed by atoms with Gasteiger partial charge in [-0.25, -0.2) is 4.79 Å². The Balaban J connectivity index is 1.98. The van der Waals surface area contributed by atoms with Crippen molar-refractivity contribution in [2.45, 2.75) is 6.18 Å². The van der Waals surface area contributed by atoms with Crippen LogP contribution in [0.4, 0.5) is 18.9 Å². The zero-order chi connectivity index (χ0) is 17.7. The molecule has 0 saturated heterocycles. The number of nitrogens with zero attached hydrogens (tertiary/aromatic N) is 1. The fourth-order valence-electron chi connectivity index (χ4n) is 1.76. The van der Waals surface area contributed by atoms with E-state index in [2.05, 4.69) is 26.2 Å². The van der Waals surface area contributed by atoms with Gasteiger partial charge in [0.15, 0.2) is 6.61 Å². The van der Waals surface area contributed by atoms with Crippen LogP contribution in [0.15, 0.2) is 47.2 Å². The van der Waals surface area contributed by atoms with Crippen LogP contribution < -0.4 is 5.32 Å². The second kappa shape index (κ2) is 7.43. The number of alkyl halides is 3. The molecule has 0 atom stereocenters. The molecule has 1 heterocycles. The third-order valence-electron chi connectivity index (χ3n) is 2.78. The monoisotopic (exact) mass is 402 g/mol. The van der Waals surface area contributed by atoms with Crippen LogP contribution >= 0.6 is 15.9 Å². The average molecular weight is 403 g/mol. The maximum Gasteiger partial charge on any atom is 0.418 e. The summed E-state index contributed by atoms with van der Waals surface area (Å²) in [5.74, 6) is -1.70. The van der Waals surface area contributed by atoms with E-state index in [1.165, 1.54) is 30.6 Å². The lowest BCUT2D eigenvalue weighted by atomic mass is 10.1. The number of pyridine rings is 1. The number of anilines is 1. The Bertz CT molecular complexity index is 766. The van der Waals surface area contributed by atoms with Gasteiger partial charge in [-0.15, -0.1) is 0 Å². The summed E-state index contributed by atoms with van der Waals surface area (Å²) in [5.41, 5.74) is -1.29. The van der Waals surface area contributed by atoms with Crippen LogP contribution in [0.25, 0.3) is 0 Å². The first-order valence-electron chi connectivity index (χ1n) is 6.51. The van der Waals surface area contributed by atoms with Crippen molar-refractivity contribution in [2.75, 3.05) is 11.9 Å². The van der Waals surface area contributed by atoms with Crippen molar-refractivity contribution in [2.24, 2.45) is 0 Å². The van der Waals surface area contributed by atoms with E-state index >= 15 is 0 Å². The number of nitrogens with one attached hydrogen (secondary N) is 1. The summed E-state index contributed by atoms with van der Waals surface area (Å²) in [6.07, 6.45) is -1.91. The summed E-state index contributed by atoms with van der Waals surface area (Å²) in [5, 5.41) is 2.07. The van der Waals surface area contributed by atoms with Gasteiger partial charge >= 0.3 is 12.1 Å². The predicted molar refractivity (Wildman–Crippen MR) is 82.3 cm³/mol. The van der Waals surface area contributed by atoms with E-state index in [4.69, 9.17) is 4.74 Å². The van der Waals surface area contributed by atoms with E-state index in [-0.39, 0.29) is 5.56 Å². The largest absolute Gasteiger partial charge is 0.452 e. The molecule has 0 aliphatic heterocycles. The number of para-hydroxylation sites is 1. The van der Waals surface area contributed by atoms with Crippen molar-refractivity contribution in [1.82, 2.24) is 4.98 Å². The molecule has 0 saturated carbocycles. The number of amides is 1. The van der Waals surface area contributed by atoms with Crippen molar-refractivity contribution < 1.29 is 27.5 Å². The van der Waals surface area contributed by atoms with E-state index in [0.29, 0.717) is 4.47 Å².